The number of carbonyl (C=O) groups excluding carboxylic acids is 1. The zero-order valence-electron chi connectivity index (χ0n) is 19.9. The molecular formula is C27H27BN2O6. The van der Waals surface area contributed by atoms with Gasteiger partial charge in [0.15, 0.2) is 0 Å². The van der Waals surface area contributed by atoms with E-state index in [1.807, 2.05) is 29.2 Å². The SMILES string of the molecule is Cc1c(C(=O)O)cc(B(O)O)cc1N1CCN(C(=O)OCC2c3ccccc3-c3ccccc32)CC1. The summed E-state index contributed by atoms with van der Waals surface area (Å²) in [6.07, 6.45) is -0.376. The molecule has 36 heavy (non-hydrogen) atoms. The molecule has 8 nitrogen and oxygen atoms in total. The maximum Gasteiger partial charge on any atom is 0.488 e. The fourth-order valence-electron chi connectivity index (χ4n) is 5.24. The van der Waals surface area contributed by atoms with Crippen LogP contribution in [-0.2, 0) is 4.74 Å². The number of ether oxygens (including phenoxy) is 1. The highest BCUT2D eigenvalue weighted by atomic mass is 16.6. The van der Waals surface area contributed by atoms with Crippen LogP contribution >= 0.6 is 0 Å². The van der Waals surface area contributed by atoms with Gasteiger partial charge >= 0.3 is 19.2 Å². The minimum Gasteiger partial charge on any atom is -0.478 e. The number of nitrogens with zero attached hydrogens (tertiary/aromatic N) is 2. The average Bonchev–Trinajstić information content (AvgIpc) is 3.21. The third kappa shape index (κ3) is 4.32. The zero-order chi connectivity index (χ0) is 25.4. The number of aromatic carboxylic acids is 1. The number of anilines is 1. The fourth-order valence-corrected chi connectivity index (χ4v) is 5.24. The van der Waals surface area contributed by atoms with Crippen molar-refractivity contribution >= 4 is 30.3 Å². The molecule has 3 aromatic rings. The van der Waals surface area contributed by atoms with E-state index in [1.165, 1.54) is 17.2 Å². The number of carboxylic acids is 1. The van der Waals surface area contributed by atoms with Crippen molar-refractivity contribution < 1.29 is 29.5 Å². The zero-order valence-corrected chi connectivity index (χ0v) is 19.9. The van der Waals surface area contributed by atoms with E-state index >= 15 is 0 Å². The number of hydrogen-bond acceptors (Lipinski definition) is 6. The van der Waals surface area contributed by atoms with Gasteiger partial charge in [-0.2, -0.15) is 0 Å². The normalized spacial score (nSPS) is 14.9. The molecule has 184 valence electrons. The Morgan fingerprint density at radius 3 is 2.08 bits per heavy atom. The third-order valence-corrected chi connectivity index (χ3v) is 7.15. The molecule has 2 aliphatic rings. The molecule has 1 fully saturated rings. The molecule has 0 atom stereocenters. The molecule has 1 heterocycles. The van der Waals surface area contributed by atoms with Crippen molar-refractivity contribution in [3.8, 4) is 11.1 Å². The van der Waals surface area contributed by atoms with Gasteiger partial charge in [-0.05, 0) is 52.3 Å². The first-order valence-electron chi connectivity index (χ1n) is 11.9. The summed E-state index contributed by atoms with van der Waals surface area (Å²) in [4.78, 5) is 28.2. The molecule has 1 aliphatic heterocycles. The Morgan fingerprint density at radius 1 is 0.944 bits per heavy atom. The van der Waals surface area contributed by atoms with Gasteiger partial charge in [0.2, 0.25) is 0 Å². The second-order valence-corrected chi connectivity index (χ2v) is 9.17. The molecule has 0 radical (unpaired) electrons. The number of rotatable bonds is 5. The summed E-state index contributed by atoms with van der Waals surface area (Å²) in [5.74, 6) is -1.14. The Kier molecular flexibility index (Phi) is 6.43. The molecule has 0 saturated carbocycles. The van der Waals surface area contributed by atoms with Gasteiger partial charge in [-0.1, -0.05) is 48.5 Å². The smallest absolute Gasteiger partial charge is 0.478 e. The van der Waals surface area contributed by atoms with Crippen molar-refractivity contribution in [2.24, 2.45) is 0 Å². The van der Waals surface area contributed by atoms with Gasteiger partial charge in [-0.25, -0.2) is 9.59 Å². The van der Waals surface area contributed by atoms with Crippen LogP contribution in [0.1, 0.15) is 33.0 Å². The van der Waals surface area contributed by atoms with Crippen LogP contribution in [0.4, 0.5) is 10.5 Å². The standard InChI is InChI=1S/C27H27BN2O6/c1-17-23(26(31)32)14-18(28(34)35)15-25(17)29-10-12-30(13-11-29)27(33)36-16-24-21-8-4-2-6-19(21)20-7-3-5-9-22(20)24/h2-9,14-15,24,34-35H,10-13,16H2,1H3,(H,31,32). The van der Waals surface area contributed by atoms with E-state index in [9.17, 15) is 24.7 Å². The number of hydrogen-bond donors (Lipinski definition) is 3. The topological polar surface area (TPSA) is 111 Å². The van der Waals surface area contributed by atoms with Gasteiger partial charge in [0.1, 0.15) is 6.61 Å². The second kappa shape index (κ2) is 9.68. The molecule has 5 rings (SSSR count). The summed E-state index contributed by atoms with van der Waals surface area (Å²) in [6, 6.07) is 19.3. The van der Waals surface area contributed by atoms with E-state index < -0.39 is 13.1 Å². The average molecular weight is 486 g/mol. The Morgan fingerprint density at radius 2 is 1.53 bits per heavy atom. The third-order valence-electron chi connectivity index (χ3n) is 7.15. The number of benzene rings is 3. The first-order chi connectivity index (χ1) is 17.3. The first-order valence-corrected chi connectivity index (χ1v) is 11.9. The van der Waals surface area contributed by atoms with Crippen LogP contribution in [0.2, 0.25) is 0 Å². The van der Waals surface area contributed by atoms with Crippen molar-refractivity contribution in [3.05, 3.63) is 82.9 Å². The summed E-state index contributed by atoms with van der Waals surface area (Å²) < 4.78 is 5.77. The van der Waals surface area contributed by atoms with Crippen molar-refractivity contribution in [3.63, 3.8) is 0 Å². The number of carbonyl (C=O) groups is 2. The van der Waals surface area contributed by atoms with Crippen LogP contribution in [0.5, 0.6) is 0 Å². The van der Waals surface area contributed by atoms with E-state index in [4.69, 9.17) is 4.74 Å². The van der Waals surface area contributed by atoms with Crippen molar-refractivity contribution in [2.75, 3.05) is 37.7 Å². The number of amides is 1. The van der Waals surface area contributed by atoms with E-state index in [1.54, 1.807) is 17.9 Å². The predicted octanol–water partition coefficient (Wildman–Crippen LogP) is 2.44. The lowest BCUT2D eigenvalue weighted by Gasteiger charge is -2.36. The minimum absolute atomic E-state index is 0.00706. The lowest BCUT2D eigenvalue weighted by Crippen LogP contribution is -2.49. The summed E-state index contributed by atoms with van der Waals surface area (Å²) in [6.45, 7) is 3.70. The second-order valence-electron chi connectivity index (χ2n) is 9.17. The van der Waals surface area contributed by atoms with Gasteiger partial charge in [0.05, 0.1) is 5.56 Å². The fraction of sp³-hybridized carbons (Fsp3) is 0.259. The van der Waals surface area contributed by atoms with E-state index in [0.717, 1.165) is 11.1 Å². The summed E-state index contributed by atoms with van der Waals surface area (Å²) >= 11 is 0. The molecule has 1 aliphatic carbocycles. The Labute approximate surface area is 209 Å². The van der Waals surface area contributed by atoms with Crippen LogP contribution in [0.15, 0.2) is 60.7 Å². The Balaban J connectivity index is 1.25. The molecule has 3 aromatic carbocycles. The van der Waals surface area contributed by atoms with Crippen LogP contribution in [-0.4, -0.2) is 72.0 Å². The molecule has 0 unspecified atom stereocenters. The van der Waals surface area contributed by atoms with Crippen LogP contribution in [0.25, 0.3) is 11.1 Å². The van der Waals surface area contributed by atoms with Gasteiger partial charge in [0, 0.05) is 37.8 Å². The highest BCUT2D eigenvalue weighted by Crippen LogP contribution is 2.44. The quantitative estimate of drug-likeness (QED) is 0.476. The largest absolute Gasteiger partial charge is 0.488 e. The molecule has 0 bridgehead atoms. The molecule has 1 amide bonds. The predicted molar refractivity (Wildman–Crippen MR) is 137 cm³/mol. The van der Waals surface area contributed by atoms with E-state index in [-0.39, 0.29) is 29.6 Å². The van der Waals surface area contributed by atoms with E-state index in [0.29, 0.717) is 37.4 Å². The van der Waals surface area contributed by atoms with Crippen molar-refractivity contribution in [2.45, 2.75) is 12.8 Å². The maximum absolute atomic E-state index is 12.9. The van der Waals surface area contributed by atoms with Gasteiger partial charge in [-0.15, -0.1) is 0 Å². The number of fused-ring (bicyclic) bond motifs is 3. The van der Waals surface area contributed by atoms with Gasteiger partial charge in [-0.3, -0.25) is 0 Å². The van der Waals surface area contributed by atoms with Crippen molar-refractivity contribution in [1.82, 2.24) is 4.90 Å². The molecule has 1 saturated heterocycles. The van der Waals surface area contributed by atoms with Crippen molar-refractivity contribution in [1.29, 1.82) is 0 Å². The lowest BCUT2D eigenvalue weighted by atomic mass is 9.78. The maximum atomic E-state index is 12.9. The van der Waals surface area contributed by atoms with E-state index in [2.05, 4.69) is 24.3 Å². The first kappa shape index (κ1) is 23.9. The van der Waals surface area contributed by atoms with Crippen LogP contribution in [0, 0.1) is 6.92 Å². The molecule has 0 aromatic heterocycles. The van der Waals surface area contributed by atoms with Crippen LogP contribution < -0.4 is 10.4 Å². The molecule has 0 spiro atoms. The Hall–Kier alpha value is -3.82. The summed E-state index contributed by atoms with van der Waals surface area (Å²) in [7, 11) is -1.77. The molecular weight excluding hydrogens is 459 g/mol. The number of piperazine rings is 1. The lowest BCUT2D eigenvalue weighted by molar-refractivity contribution is 0.0696. The molecule has 9 heteroatoms. The van der Waals surface area contributed by atoms with Crippen LogP contribution in [0.3, 0.4) is 0 Å². The highest BCUT2D eigenvalue weighted by molar-refractivity contribution is 6.58. The summed E-state index contributed by atoms with van der Waals surface area (Å²) in [5, 5.41) is 28.7. The Bertz CT molecular complexity index is 1270. The van der Waals surface area contributed by atoms with Gasteiger partial charge in [0.25, 0.3) is 0 Å². The minimum atomic E-state index is -1.77. The monoisotopic (exact) mass is 486 g/mol. The van der Waals surface area contributed by atoms with Gasteiger partial charge < -0.3 is 29.7 Å². The molecule has 3 N–H and O–H groups in total. The summed E-state index contributed by atoms with van der Waals surface area (Å²) in [5.41, 5.74) is 5.97. The highest BCUT2D eigenvalue weighted by Gasteiger charge is 2.31. The number of carboxylic acid groups (broad SMARTS) is 1.